The Hall–Kier alpha value is -2.21. The first kappa shape index (κ1) is 15.7. The zero-order chi connectivity index (χ0) is 16.1. The van der Waals surface area contributed by atoms with E-state index in [1.54, 1.807) is 18.0 Å². The van der Waals surface area contributed by atoms with Gasteiger partial charge in [0.25, 0.3) is 0 Å². The van der Waals surface area contributed by atoms with Crippen LogP contribution in [0.5, 0.6) is 0 Å². The van der Waals surface area contributed by atoms with E-state index in [-0.39, 0.29) is 5.91 Å². The fraction of sp³-hybridized carbons (Fsp3) is 0.294. The summed E-state index contributed by atoms with van der Waals surface area (Å²) in [4.78, 5) is 20.3. The summed E-state index contributed by atoms with van der Waals surface area (Å²) in [6.45, 7) is 0.676. The van der Waals surface area contributed by atoms with Crippen LogP contribution in [0.4, 0.5) is 0 Å². The molecule has 3 aromatic rings. The van der Waals surface area contributed by atoms with Crippen molar-refractivity contribution >= 4 is 28.6 Å². The van der Waals surface area contributed by atoms with E-state index in [2.05, 4.69) is 38.2 Å². The molecule has 0 aliphatic carbocycles. The molecule has 120 valence electrons. The summed E-state index contributed by atoms with van der Waals surface area (Å²) in [5, 5.41) is 4.16. The summed E-state index contributed by atoms with van der Waals surface area (Å²) in [6.07, 6.45) is 7.38. The van der Waals surface area contributed by atoms with Gasteiger partial charge in [-0.2, -0.15) is 0 Å². The molecule has 2 aromatic heterocycles. The average molecular weight is 328 g/mol. The average Bonchev–Trinajstić information content (AvgIpc) is 3.18. The highest BCUT2D eigenvalue weighted by Crippen LogP contribution is 2.29. The molecule has 0 bridgehead atoms. The van der Waals surface area contributed by atoms with Crippen molar-refractivity contribution in [2.75, 3.05) is 12.3 Å². The lowest BCUT2D eigenvalue weighted by molar-refractivity contribution is -0.118. The molecular weight excluding hydrogens is 308 g/mol. The van der Waals surface area contributed by atoms with Crippen LogP contribution in [0.1, 0.15) is 12.2 Å². The normalized spacial score (nSPS) is 11.0. The van der Waals surface area contributed by atoms with Crippen LogP contribution in [0.25, 0.3) is 10.9 Å². The predicted molar refractivity (Wildman–Crippen MR) is 93.6 cm³/mol. The van der Waals surface area contributed by atoms with Crippen molar-refractivity contribution in [3.05, 3.63) is 48.7 Å². The summed E-state index contributed by atoms with van der Waals surface area (Å²) in [6, 6.07) is 8.25. The molecule has 0 unspecified atom stereocenters. The first-order valence-corrected chi connectivity index (χ1v) is 8.64. The Morgan fingerprint density at radius 1 is 1.39 bits per heavy atom. The number of hydrogen-bond acceptors (Lipinski definition) is 3. The van der Waals surface area contributed by atoms with Crippen LogP contribution in [0.3, 0.4) is 0 Å². The van der Waals surface area contributed by atoms with E-state index in [1.807, 2.05) is 25.4 Å². The highest BCUT2D eigenvalue weighted by molar-refractivity contribution is 8.00. The van der Waals surface area contributed by atoms with Crippen molar-refractivity contribution in [1.82, 2.24) is 19.9 Å². The van der Waals surface area contributed by atoms with Gasteiger partial charge in [0.2, 0.25) is 5.91 Å². The van der Waals surface area contributed by atoms with E-state index >= 15 is 0 Å². The number of fused-ring (bicyclic) bond motifs is 1. The van der Waals surface area contributed by atoms with Crippen LogP contribution in [0.2, 0.25) is 0 Å². The molecule has 0 aliphatic rings. The quantitative estimate of drug-likeness (QED) is 0.518. The number of para-hydroxylation sites is 1. The van der Waals surface area contributed by atoms with Gasteiger partial charge in [-0.1, -0.05) is 18.2 Å². The third-order valence-corrected chi connectivity index (χ3v) is 4.73. The van der Waals surface area contributed by atoms with E-state index in [4.69, 9.17) is 0 Å². The molecule has 0 saturated carbocycles. The number of nitrogens with one attached hydrogen (secondary N) is 2. The SMILES string of the molecule is Cn1cc(SCC(=O)NCCCc2ncc[nH]2)c2ccccc21. The van der Waals surface area contributed by atoms with Crippen LogP contribution in [0, 0.1) is 0 Å². The highest BCUT2D eigenvalue weighted by Gasteiger charge is 2.08. The lowest BCUT2D eigenvalue weighted by atomic mass is 10.2. The summed E-state index contributed by atoms with van der Waals surface area (Å²) in [5.41, 5.74) is 1.19. The lowest BCUT2D eigenvalue weighted by Gasteiger charge is -2.04. The van der Waals surface area contributed by atoms with E-state index in [0.29, 0.717) is 12.3 Å². The number of aromatic nitrogens is 3. The van der Waals surface area contributed by atoms with Crippen LogP contribution in [0.15, 0.2) is 47.8 Å². The summed E-state index contributed by atoms with van der Waals surface area (Å²) in [7, 11) is 2.03. The number of imidazole rings is 1. The Kier molecular flexibility index (Phi) is 5.02. The van der Waals surface area contributed by atoms with Gasteiger partial charge in [-0.05, 0) is 12.5 Å². The van der Waals surface area contributed by atoms with E-state index in [9.17, 15) is 4.79 Å². The second-order valence-corrected chi connectivity index (χ2v) is 6.42. The highest BCUT2D eigenvalue weighted by atomic mass is 32.2. The van der Waals surface area contributed by atoms with Gasteiger partial charge in [-0.25, -0.2) is 4.98 Å². The molecule has 0 atom stereocenters. The number of amides is 1. The topological polar surface area (TPSA) is 62.7 Å². The Bertz CT molecular complexity index is 779. The number of H-pyrrole nitrogens is 1. The lowest BCUT2D eigenvalue weighted by Crippen LogP contribution is -2.26. The minimum absolute atomic E-state index is 0.0716. The molecular formula is C17H20N4OS. The number of hydrogen-bond donors (Lipinski definition) is 2. The molecule has 0 aliphatic heterocycles. The number of aryl methyl sites for hydroxylation is 2. The fourth-order valence-corrected chi connectivity index (χ4v) is 3.48. The molecule has 2 N–H and O–H groups in total. The van der Waals surface area contributed by atoms with Crippen LogP contribution in [-0.2, 0) is 18.3 Å². The summed E-state index contributed by atoms with van der Waals surface area (Å²) in [5.74, 6) is 1.47. The van der Waals surface area contributed by atoms with Gasteiger partial charge < -0.3 is 14.9 Å². The number of aromatic amines is 1. The molecule has 5 nitrogen and oxygen atoms in total. The zero-order valence-corrected chi connectivity index (χ0v) is 13.9. The van der Waals surface area contributed by atoms with Crippen molar-refractivity contribution in [2.24, 2.45) is 7.05 Å². The minimum Gasteiger partial charge on any atom is -0.355 e. The molecule has 0 saturated heterocycles. The van der Waals surface area contributed by atoms with Gasteiger partial charge in [0, 0.05) is 54.4 Å². The van der Waals surface area contributed by atoms with Gasteiger partial charge in [0.15, 0.2) is 0 Å². The summed E-state index contributed by atoms with van der Waals surface area (Å²) >= 11 is 1.58. The molecule has 1 amide bonds. The first-order valence-electron chi connectivity index (χ1n) is 7.66. The molecule has 3 rings (SSSR count). The van der Waals surface area contributed by atoms with E-state index in [0.717, 1.165) is 23.6 Å². The van der Waals surface area contributed by atoms with Gasteiger partial charge in [-0.15, -0.1) is 11.8 Å². The van der Waals surface area contributed by atoms with Gasteiger partial charge in [0.05, 0.1) is 5.75 Å². The fourth-order valence-electron chi connectivity index (χ4n) is 2.53. The minimum atomic E-state index is 0.0716. The van der Waals surface area contributed by atoms with E-state index in [1.165, 1.54) is 10.9 Å². The van der Waals surface area contributed by atoms with Crippen LogP contribution < -0.4 is 5.32 Å². The Morgan fingerprint density at radius 2 is 2.26 bits per heavy atom. The monoisotopic (exact) mass is 328 g/mol. The van der Waals surface area contributed by atoms with Gasteiger partial charge >= 0.3 is 0 Å². The molecule has 23 heavy (non-hydrogen) atoms. The molecule has 1 aromatic carbocycles. The van der Waals surface area contributed by atoms with Gasteiger partial charge in [0.1, 0.15) is 5.82 Å². The molecule has 6 heteroatoms. The third-order valence-electron chi connectivity index (χ3n) is 3.69. The maximum atomic E-state index is 12.0. The second kappa shape index (κ2) is 7.37. The van der Waals surface area contributed by atoms with Gasteiger partial charge in [-0.3, -0.25) is 4.79 Å². The van der Waals surface area contributed by atoms with Crippen molar-refractivity contribution in [1.29, 1.82) is 0 Å². The number of carbonyl (C=O) groups is 1. The Labute approximate surface area is 139 Å². The summed E-state index contributed by atoms with van der Waals surface area (Å²) < 4.78 is 2.10. The number of nitrogens with zero attached hydrogens (tertiary/aromatic N) is 2. The number of benzene rings is 1. The van der Waals surface area contributed by atoms with Crippen molar-refractivity contribution in [3.8, 4) is 0 Å². The molecule has 0 radical (unpaired) electrons. The Morgan fingerprint density at radius 3 is 3.09 bits per heavy atom. The van der Waals surface area contributed by atoms with Crippen LogP contribution in [-0.4, -0.2) is 32.7 Å². The van der Waals surface area contributed by atoms with Crippen LogP contribution >= 0.6 is 11.8 Å². The number of carbonyl (C=O) groups excluding carboxylic acids is 1. The second-order valence-electron chi connectivity index (χ2n) is 5.40. The molecule has 2 heterocycles. The molecule has 0 spiro atoms. The maximum absolute atomic E-state index is 12.0. The largest absolute Gasteiger partial charge is 0.355 e. The van der Waals surface area contributed by atoms with Crippen molar-refractivity contribution in [3.63, 3.8) is 0 Å². The third kappa shape index (κ3) is 3.96. The predicted octanol–water partition coefficient (Wildman–Crippen LogP) is 2.74. The van der Waals surface area contributed by atoms with Crippen molar-refractivity contribution in [2.45, 2.75) is 17.7 Å². The smallest absolute Gasteiger partial charge is 0.230 e. The maximum Gasteiger partial charge on any atom is 0.230 e. The zero-order valence-electron chi connectivity index (χ0n) is 13.1. The standard InChI is InChI=1S/C17H20N4OS/c1-21-11-15(13-5-2-3-6-14(13)21)23-12-17(22)20-8-4-7-16-18-9-10-19-16/h2-3,5-6,9-11H,4,7-8,12H2,1H3,(H,18,19)(H,20,22). The van der Waals surface area contributed by atoms with E-state index < -0.39 is 0 Å². The first-order chi connectivity index (χ1) is 11.2. The molecule has 0 fully saturated rings. The Balaban J connectivity index is 1.45. The number of thioether (sulfide) groups is 1. The number of rotatable bonds is 7. The van der Waals surface area contributed by atoms with Crippen molar-refractivity contribution < 1.29 is 4.79 Å².